The molecule has 90 valence electrons. The molecule has 1 aromatic carbocycles. The largest absolute Gasteiger partial charge is 0.399 e. The minimum Gasteiger partial charge on any atom is -0.399 e. The summed E-state index contributed by atoms with van der Waals surface area (Å²) >= 11 is 0. The summed E-state index contributed by atoms with van der Waals surface area (Å²) in [6.07, 6.45) is 0. The Morgan fingerprint density at radius 3 is 2.69 bits per heavy atom. The zero-order valence-corrected chi connectivity index (χ0v) is 10.2. The van der Waals surface area contributed by atoms with E-state index in [1.54, 1.807) is 18.2 Å². The van der Waals surface area contributed by atoms with E-state index in [0.29, 0.717) is 11.4 Å². The first kappa shape index (κ1) is 12.8. The molecule has 0 bridgehead atoms. The third-order valence-corrected chi connectivity index (χ3v) is 3.35. The zero-order valence-electron chi connectivity index (χ0n) is 9.36. The van der Waals surface area contributed by atoms with Gasteiger partial charge in [-0.15, -0.1) is 0 Å². The van der Waals surface area contributed by atoms with Crippen LogP contribution in [0.25, 0.3) is 0 Å². The van der Waals surface area contributed by atoms with Crippen LogP contribution in [-0.2, 0) is 14.8 Å². The number of nitrogens with one attached hydrogen (secondary N) is 1. The van der Waals surface area contributed by atoms with Crippen molar-refractivity contribution in [1.82, 2.24) is 0 Å². The number of hydrogen-bond donors (Lipinski definition) is 2. The van der Waals surface area contributed by atoms with Gasteiger partial charge in [0.2, 0.25) is 10.0 Å². The Morgan fingerprint density at radius 2 is 2.12 bits per heavy atom. The standard InChI is InChI=1S/C10H16N2O3S/c1-8-7-9(3-4-10(8)11)12-16(13,14)6-5-15-2/h3-4,7,12H,5-6,11H2,1-2H3. The van der Waals surface area contributed by atoms with E-state index in [2.05, 4.69) is 4.72 Å². The average molecular weight is 244 g/mol. The van der Waals surface area contributed by atoms with Crippen LogP contribution in [0.1, 0.15) is 5.56 Å². The van der Waals surface area contributed by atoms with Crippen molar-refractivity contribution in [1.29, 1.82) is 0 Å². The van der Waals surface area contributed by atoms with Gasteiger partial charge in [-0.2, -0.15) is 0 Å². The molecule has 0 aromatic heterocycles. The smallest absolute Gasteiger partial charge is 0.234 e. The number of nitrogen functional groups attached to an aromatic ring is 1. The van der Waals surface area contributed by atoms with Crippen LogP contribution < -0.4 is 10.5 Å². The summed E-state index contributed by atoms with van der Waals surface area (Å²) in [5.74, 6) is -0.0626. The lowest BCUT2D eigenvalue weighted by molar-refractivity contribution is 0.217. The highest BCUT2D eigenvalue weighted by Crippen LogP contribution is 2.17. The molecule has 0 aliphatic heterocycles. The van der Waals surface area contributed by atoms with Crippen molar-refractivity contribution < 1.29 is 13.2 Å². The molecular weight excluding hydrogens is 228 g/mol. The van der Waals surface area contributed by atoms with E-state index in [1.165, 1.54) is 7.11 Å². The van der Waals surface area contributed by atoms with Gasteiger partial charge in [0.15, 0.2) is 0 Å². The van der Waals surface area contributed by atoms with Crippen molar-refractivity contribution in [3.63, 3.8) is 0 Å². The first-order valence-corrected chi connectivity index (χ1v) is 6.45. The molecule has 0 aliphatic rings. The summed E-state index contributed by atoms with van der Waals surface area (Å²) in [4.78, 5) is 0. The van der Waals surface area contributed by atoms with Gasteiger partial charge < -0.3 is 10.5 Å². The van der Waals surface area contributed by atoms with Gasteiger partial charge in [0.05, 0.1) is 12.4 Å². The Bertz CT molecular complexity index is 457. The zero-order chi connectivity index (χ0) is 12.2. The summed E-state index contributed by atoms with van der Waals surface area (Å²) < 4.78 is 30.2. The molecule has 0 atom stereocenters. The van der Waals surface area contributed by atoms with Crippen molar-refractivity contribution >= 4 is 21.4 Å². The first-order valence-electron chi connectivity index (χ1n) is 4.80. The predicted molar refractivity (Wildman–Crippen MR) is 64.9 cm³/mol. The van der Waals surface area contributed by atoms with Crippen LogP contribution >= 0.6 is 0 Å². The van der Waals surface area contributed by atoms with E-state index in [4.69, 9.17) is 10.5 Å². The van der Waals surface area contributed by atoms with Crippen LogP contribution in [0.3, 0.4) is 0 Å². The van der Waals surface area contributed by atoms with Crippen molar-refractivity contribution in [2.45, 2.75) is 6.92 Å². The predicted octanol–water partition coefficient (Wildman–Crippen LogP) is 0.965. The number of rotatable bonds is 5. The van der Waals surface area contributed by atoms with E-state index < -0.39 is 10.0 Å². The molecule has 0 saturated heterocycles. The topological polar surface area (TPSA) is 81.4 Å². The number of hydrogen-bond acceptors (Lipinski definition) is 4. The van der Waals surface area contributed by atoms with Gasteiger partial charge in [0.25, 0.3) is 0 Å². The molecule has 0 unspecified atom stereocenters. The van der Waals surface area contributed by atoms with Gasteiger partial charge in [0, 0.05) is 18.5 Å². The van der Waals surface area contributed by atoms with E-state index in [9.17, 15) is 8.42 Å². The third kappa shape index (κ3) is 3.71. The number of aryl methyl sites for hydroxylation is 1. The Morgan fingerprint density at radius 1 is 1.44 bits per heavy atom. The summed E-state index contributed by atoms with van der Waals surface area (Å²) in [6.45, 7) is 1.99. The Labute approximate surface area is 95.7 Å². The molecular formula is C10H16N2O3S. The van der Waals surface area contributed by atoms with Gasteiger partial charge in [0.1, 0.15) is 0 Å². The second-order valence-electron chi connectivity index (χ2n) is 3.49. The Hall–Kier alpha value is -1.27. The highest BCUT2D eigenvalue weighted by Gasteiger charge is 2.10. The fourth-order valence-corrected chi connectivity index (χ4v) is 2.14. The van der Waals surface area contributed by atoms with Crippen LogP contribution in [0.15, 0.2) is 18.2 Å². The van der Waals surface area contributed by atoms with Gasteiger partial charge in [-0.1, -0.05) is 0 Å². The Balaban J connectivity index is 2.76. The number of methoxy groups -OCH3 is 1. The molecule has 0 saturated carbocycles. The molecule has 0 fully saturated rings. The molecule has 0 aliphatic carbocycles. The number of benzene rings is 1. The van der Waals surface area contributed by atoms with Gasteiger partial charge in [-0.05, 0) is 30.7 Å². The summed E-state index contributed by atoms with van der Waals surface area (Å²) in [5.41, 5.74) is 7.63. The van der Waals surface area contributed by atoms with Gasteiger partial charge >= 0.3 is 0 Å². The molecule has 6 heteroatoms. The molecule has 16 heavy (non-hydrogen) atoms. The average Bonchev–Trinajstić information content (AvgIpc) is 2.20. The molecule has 0 heterocycles. The quantitative estimate of drug-likeness (QED) is 0.756. The Kier molecular flexibility index (Phi) is 4.14. The molecule has 5 nitrogen and oxygen atoms in total. The summed E-state index contributed by atoms with van der Waals surface area (Å²) in [6, 6.07) is 5.00. The highest BCUT2D eigenvalue weighted by atomic mass is 32.2. The molecule has 0 amide bonds. The van der Waals surface area contributed by atoms with Gasteiger partial charge in [-0.25, -0.2) is 8.42 Å². The molecule has 0 radical (unpaired) electrons. The normalized spacial score (nSPS) is 11.4. The fraction of sp³-hybridized carbons (Fsp3) is 0.400. The highest BCUT2D eigenvalue weighted by molar-refractivity contribution is 7.92. The monoisotopic (exact) mass is 244 g/mol. The van der Waals surface area contributed by atoms with E-state index >= 15 is 0 Å². The van der Waals surface area contributed by atoms with E-state index in [-0.39, 0.29) is 12.4 Å². The lowest BCUT2D eigenvalue weighted by atomic mass is 10.2. The first-order chi connectivity index (χ1) is 7.44. The SMILES string of the molecule is COCCS(=O)(=O)Nc1ccc(N)c(C)c1. The summed E-state index contributed by atoms with van der Waals surface area (Å²) in [5, 5.41) is 0. The second-order valence-corrected chi connectivity index (χ2v) is 5.33. The van der Waals surface area contributed by atoms with Crippen molar-refractivity contribution in [3.8, 4) is 0 Å². The minimum atomic E-state index is -3.34. The van der Waals surface area contributed by atoms with E-state index in [0.717, 1.165) is 5.56 Å². The maximum absolute atomic E-state index is 11.5. The third-order valence-electron chi connectivity index (χ3n) is 2.10. The number of nitrogens with two attached hydrogens (primary N) is 1. The van der Waals surface area contributed by atoms with Crippen LogP contribution in [0.4, 0.5) is 11.4 Å². The van der Waals surface area contributed by atoms with Gasteiger partial charge in [-0.3, -0.25) is 4.72 Å². The lowest BCUT2D eigenvalue weighted by Gasteiger charge is -2.09. The van der Waals surface area contributed by atoms with Crippen LogP contribution in [0, 0.1) is 6.92 Å². The molecule has 3 N–H and O–H groups in total. The lowest BCUT2D eigenvalue weighted by Crippen LogP contribution is -2.19. The molecule has 1 aromatic rings. The molecule has 0 spiro atoms. The molecule has 1 rings (SSSR count). The fourth-order valence-electron chi connectivity index (χ4n) is 1.16. The maximum atomic E-state index is 11.5. The number of sulfonamides is 1. The van der Waals surface area contributed by atoms with E-state index in [1.807, 2.05) is 6.92 Å². The number of anilines is 2. The van der Waals surface area contributed by atoms with Crippen LogP contribution in [-0.4, -0.2) is 27.9 Å². The minimum absolute atomic E-state index is 0.0626. The number of ether oxygens (including phenoxy) is 1. The van der Waals surface area contributed by atoms with Crippen molar-refractivity contribution in [2.24, 2.45) is 0 Å². The summed E-state index contributed by atoms with van der Waals surface area (Å²) in [7, 11) is -1.88. The second kappa shape index (κ2) is 5.18. The van der Waals surface area contributed by atoms with Crippen LogP contribution in [0.5, 0.6) is 0 Å². The maximum Gasteiger partial charge on any atom is 0.234 e. The van der Waals surface area contributed by atoms with Crippen molar-refractivity contribution in [3.05, 3.63) is 23.8 Å². The van der Waals surface area contributed by atoms with Crippen LogP contribution in [0.2, 0.25) is 0 Å². The van der Waals surface area contributed by atoms with Crippen molar-refractivity contribution in [2.75, 3.05) is 29.9 Å².